The molecule has 1 N–H and O–H groups in total. The number of benzene rings is 1. The number of carbonyl (C=O) groups is 1. The highest BCUT2D eigenvalue weighted by atomic mass is 79.9. The van der Waals surface area contributed by atoms with Crippen molar-refractivity contribution in [3.05, 3.63) is 45.5 Å². The molecule has 1 unspecified atom stereocenters. The van der Waals surface area contributed by atoms with E-state index >= 15 is 0 Å². The van der Waals surface area contributed by atoms with E-state index < -0.39 is 0 Å². The summed E-state index contributed by atoms with van der Waals surface area (Å²) in [4.78, 5) is 22.4. The van der Waals surface area contributed by atoms with Gasteiger partial charge in [-0.25, -0.2) is 9.97 Å². The number of thioether (sulfide) groups is 1. The van der Waals surface area contributed by atoms with Crippen molar-refractivity contribution >= 4 is 71.6 Å². The van der Waals surface area contributed by atoms with Gasteiger partial charge < -0.3 is 0 Å². The quantitative estimate of drug-likeness (QED) is 0.269. The van der Waals surface area contributed by atoms with Crippen molar-refractivity contribution in [1.29, 1.82) is 0 Å². The van der Waals surface area contributed by atoms with Crippen molar-refractivity contribution in [2.24, 2.45) is 0 Å². The number of thiophene rings is 1. The molecule has 1 amide bonds. The minimum atomic E-state index is -0.347. The molecular formula is C19H16BrN5OS3. The summed E-state index contributed by atoms with van der Waals surface area (Å²) in [7, 11) is 0. The lowest BCUT2D eigenvalue weighted by molar-refractivity contribution is -0.115. The molecule has 0 aliphatic heterocycles. The first kappa shape index (κ1) is 20.4. The molecule has 0 radical (unpaired) electrons. The molecule has 0 spiro atoms. The van der Waals surface area contributed by atoms with Gasteiger partial charge in [-0.1, -0.05) is 58.1 Å². The van der Waals surface area contributed by atoms with Gasteiger partial charge in [-0.2, -0.15) is 0 Å². The number of carbonyl (C=O) groups excluding carboxylic acids is 1. The third-order valence-electron chi connectivity index (χ3n) is 4.15. The topological polar surface area (TPSA) is 80.7 Å². The minimum absolute atomic E-state index is 0.124. The summed E-state index contributed by atoms with van der Waals surface area (Å²) < 4.78 is 1.03. The van der Waals surface area contributed by atoms with Crippen LogP contribution >= 0.6 is 50.4 Å². The lowest BCUT2D eigenvalue weighted by Crippen LogP contribution is -2.22. The fraction of sp³-hybridized carbons (Fsp3) is 0.211. The Hall–Kier alpha value is -1.88. The van der Waals surface area contributed by atoms with Gasteiger partial charge in [0.1, 0.15) is 21.2 Å². The van der Waals surface area contributed by atoms with Crippen molar-refractivity contribution in [2.45, 2.75) is 30.5 Å². The molecule has 4 aromatic rings. The summed E-state index contributed by atoms with van der Waals surface area (Å²) >= 11 is 7.87. The molecule has 1 aromatic carbocycles. The van der Waals surface area contributed by atoms with Crippen molar-refractivity contribution in [3.8, 4) is 11.1 Å². The summed E-state index contributed by atoms with van der Waals surface area (Å²) in [6, 6.07) is 8.14. The molecule has 1 atom stereocenters. The second kappa shape index (κ2) is 8.86. The Kier molecular flexibility index (Phi) is 6.23. The molecule has 0 saturated carbocycles. The van der Waals surface area contributed by atoms with E-state index in [-0.39, 0.29) is 11.2 Å². The van der Waals surface area contributed by atoms with Gasteiger partial charge in [0.15, 0.2) is 0 Å². The molecule has 10 heteroatoms. The number of halogens is 1. The number of nitrogens with one attached hydrogen (secondary N) is 1. The molecular weight excluding hydrogens is 490 g/mol. The molecule has 148 valence electrons. The summed E-state index contributed by atoms with van der Waals surface area (Å²) in [6.45, 7) is 3.87. The van der Waals surface area contributed by atoms with Gasteiger partial charge in [0.2, 0.25) is 11.0 Å². The predicted octanol–water partition coefficient (Wildman–Crippen LogP) is 5.65. The van der Waals surface area contributed by atoms with Crippen molar-refractivity contribution < 1.29 is 4.79 Å². The fourth-order valence-corrected chi connectivity index (χ4v) is 5.51. The smallest absolute Gasteiger partial charge is 0.239 e. The molecule has 0 bridgehead atoms. The van der Waals surface area contributed by atoms with E-state index in [4.69, 9.17) is 0 Å². The molecule has 6 nitrogen and oxygen atoms in total. The van der Waals surface area contributed by atoms with Crippen LogP contribution in [0.4, 0.5) is 5.13 Å². The third kappa shape index (κ3) is 4.50. The highest BCUT2D eigenvalue weighted by Gasteiger charge is 2.21. The van der Waals surface area contributed by atoms with Crippen LogP contribution < -0.4 is 5.32 Å². The first-order chi connectivity index (χ1) is 14.0. The zero-order valence-corrected chi connectivity index (χ0v) is 19.6. The number of rotatable bonds is 6. The maximum atomic E-state index is 12.6. The van der Waals surface area contributed by atoms with Crippen LogP contribution in [-0.4, -0.2) is 31.3 Å². The van der Waals surface area contributed by atoms with Crippen LogP contribution in [0.3, 0.4) is 0 Å². The van der Waals surface area contributed by atoms with Crippen LogP contribution in [0, 0.1) is 0 Å². The molecule has 0 saturated heterocycles. The Balaban J connectivity index is 1.59. The maximum Gasteiger partial charge on any atom is 0.239 e. The molecule has 29 heavy (non-hydrogen) atoms. The van der Waals surface area contributed by atoms with Gasteiger partial charge in [-0.15, -0.1) is 21.5 Å². The Morgan fingerprint density at radius 2 is 2.03 bits per heavy atom. The first-order valence-corrected chi connectivity index (χ1v) is 12.2. The van der Waals surface area contributed by atoms with Crippen molar-refractivity contribution in [1.82, 2.24) is 20.2 Å². The zero-order valence-electron chi connectivity index (χ0n) is 15.5. The number of aromatic nitrogens is 4. The largest absolute Gasteiger partial charge is 0.300 e. The highest BCUT2D eigenvalue weighted by Crippen LogP contribution is 2.39. The second-order valence-electron chi connectivity index (χ2n) is 6.12. The number of hydrogen-bond donors (Lipinski definition) is 1. The molecule has 3 heterocycles. The van der Waals surface area contributed by atoms with E-state index in [1.807, 2.05) is 26.0 Å². The Morgan fingerprint density at radius 1 is 1.24 bits per heavy atom. The van der Waals surface area contributed by atoms with E-state index in [1.54, 1.807) is 17.7 Å². The van der Waals surface area contributed by atoms with Crippen LogP contribution in [0.2, 0.25) is 0 Å². The van der Waals surface area contributed by atoms with Gasteiger partial charge in [0.05, 0.1) is 10.6 Å². The van der Waals surface area contributed by atoms with Crippen LogP contribution in [-0.2, 0) is 11.2 Å². The Morgan fingerprint density at radius 3 is 2.76 bits per heavy atom. The van der Waals surface area contributed by atoms with Crippen LogP contribution in [0.15, 0.2) is 45.5 Å². The molecule has 0 aliphatic carbocycles. The van der Waals surface area contributed by atoms with Crippen LogP contribution in [0.25, 0.3) is 21.3 Å². The monoisotopic (exact) mass is 505 g/mol. The average Bonchev–Trinajstić information content (AvgIpc) is 3.36. The standard InChI is InChI=1S/C19H16BrN5OS3/c1-3-14-24-25-19(29-14)23-16(26)10(2)28-18-15-13(8-27-17(15)21-9-22-18)11-4-6-12(20)7-5-11/h4-10H,3H2,1-2H3,(H,23,25,26). The Bertz CT molecular complexity index is 1160. The second-order valence-corrected chi connectivity index (χ2v) is 10.3. The summed E-state index contributed by atoms with van der Waals surface area (Å²) in [6.07, 6.45) is 2.35. The first-order valence-electron chi connectivity index (χ1n) is 8.83. The lowest BCUT2D eigenvalue weighted by Gasteiger charge is -2.11. The predicted molar refractivity (Wildman–Crippen MR) is 124 cm³/mol. The molecule has 0 fully saturated rings. The fourth-order valence-electron chi connectivity index (χ4n) is 2.65. The number of aryl methyl sites for hydroxylation is 1. The van der Waals surface area contributed by atoms with Crippen LogP contribution in [0.5, 0.6) is 0 Å². The normalized spacial score (nSPS) is 12.2. The van der Waals surface area contributed by atoms with Gasteiger partial charge in [-0.05, 0) is 31.0 Å². The Labute approximate surface area is 188 Å². The summed E-state index contributed by atoms with van der Waals surface area (Å²) in [5, 5.41) is 15.8. The van der Waals surface area contributed by atoms with Crippen molar-refractivity contribution in [3.63, 3.8) is 0 Å². The van der Waals surface area contributed by atoms with E-state index in [9.17, 15) is 4.79 Å². The maximum absolute atomic E-state index is 12.6. The van der Waals surface area contributed by atoms with E-state index in [1.165, 1.54) is 23.1 Å². The molecule has 4 rings (SSSR count). The van der Waals surface area contributed by atoms with E-state index in [0.29, 0.717) is 5.13 Å². The summed E-state index contributed by atoms with van der Waals surface area (Å²) in [5.74, 6) is -0.124. The van der Waals surface area contributed by atoms with Gasteiger partial charge in [0, 0.05) is 15.4 Å². The van der Waals surface area contributed by atoms with Crippen molar-refractivity contribution in [2.75, 3.05) is 5.32 Å². The third-order valence-corrected chi connectivity index (χ3v) is 7.65. The minimum Gasteiger partial charge on any atom is -0.300 e. The number of nitrogens with zero attached hydrogens (tertiary/aromatic N) is 4. The highest BCUT2D eigenvalue weighted by molar-refractivity contribution is 9.10. The van der Waals surface area contributed by atoms with Gasteiger partial charge in [0.25, 0.3) is 0 Å². The molecule has 3 aromatic heterocycles. The number of hydrogen-bond acceptors (Lipinski definition) is 8. The van der Waals surface area contributed by atoms with E-state index in [2.05, 4.69) is 58.9 Å². The van der Waals surface area contributed by atoms with Gasteiger partial charge in [-0.3, -0.25) is 10.1 Å². The number of amides is 1. The lowest BCUT2D eigenvalue weighted by atomic mass is 10.1. The van der Waals surface area contributed by atoms with Gasteiger partial charge >= 0.3 is 0 Å². The SMILES string of the molecule is CCc1nnc(NC(=O)C(C)Sc2ncnc3scc(-c4ccc(Br)cc4)c23)s1. The number of fused-ring (bicyclic) bond motifs is 1. The summed E-state index contributed by atoms with van der Waals surface area (Å²) in [5.41, 5.74) is 2.17. The zero-order chi connectivity index (χ0) is 20.4. The van der Waals surface area contributed by atoms with Crippen LogP contribution in [0.1, 0.15) is 18.9 Å². The average molecular weight is 506 g/mol. The van der Waals surface area contributed by atoms with E-state index in [0.717, 1.165) is 42.3 Å². The molecule has 0 aliphatic rings. The number of anilines is 1.